The Morgan fingerprint density at radius 1 is 1.22 bits per heavy atom. The van der Waals surface area contributed by atoms with Gasteiger partial charge in [-0.15, -0.1) is 11.3 Å². The summed E-state index contributed by atoms with van der Waals surface area (Å²) in [6, 6.07) is 7.83. The number of benzene rings is 1. The van der Waals surface area contributed by atoms with Gasteiger partial charge in [0.25, 0.3) is 10.0 Å². The van der Waals surface area contributed by atoms with E-state index >= 15 is 0 Å². The third-order valence-electron chi connectivity index (χ3n) is 3.37. The number of likely N-dealkylation sites (N-methyl/N-ethyl adjacent to an activating group) is 1. The number of ether oxygens (including phenoxy) is 1. The Morgan fingerprint density at radius 3 is 2.59 bits per heavy atom. The number of hydrogen-bond acceptors (Lipinski definition) is 5. The van der Waals surface area contributed by atoms with Crippen LogP contribution in [0.15, 0.2) is 34.5 Å². The molecule has 0 radical (unpaired) electrons. The van der Waals surface area contributed by atoms with E-state index in [0.717, 1.165) is 15.6 Å². The van der Waals surface area contributed by atoms with Crippen molar-refractivity contribution in [3.05, 3.63) is 44.7 Å². The first kappa shape index (κ1) is 22.3. The summed E-state index contributed by atoms with van der Waals surface area (Å²) in [7, 11) is -2.39. The molecule has 0 fully saturated rings. The summed E-state index contributed by atoms with van der Waals surface area (Å²) in [5, 5.41) is 3.58. The Labute approximate surface area is 177 Å². The van der Waals surface area contributed by atoms with Crippen molar-refractivity contribution in [3.8, 4) is 5.75 Å². The number of nitrogens with zero attached hydrogens (tertiary/aromatic N) is 1. The molecule has 0 aliphatic rings. The van der Waals surface area contributed by atoms with Gasteiger partial charge in [-0.25, -0.2) is 8.42 Å². The summed E-state index contributed by atoms with van der Waals surface area (Å²) in [5.74, 6) is 0.0982. The second-order valence-electron chi connectivity index (χ2n) is 5.45. The Kier molecular flexibility index (Phi) is 8.20. The van der Waals surface area contributed by atoms with E-state index in [-0.39, 0.29) is 10.8 Å². The van der Waals surface area contributed by atoms with Crippen molar-refractivity contribution < 1.29 is 17.9 Å². The maximum absolute atomic E-state index is 12.3. The van der Waals surface area contributed by atoms with E-state index in [9.17, 15) is 13.2 Å². The summed E-state index contributed by atoms with van der Waals surface area (Å²) in [5.41, 5.74) is 0. The number of nitrogens with one attached hydrogen (secondary N) is 1. The lowest BCUT2D eigenvalue weighted by molar-refractivity contribution is -0.121. The van der Waals surface area contributed by atoms with Gasteiger partial charge in [-0.1, -0.05) is 34.8 Å². The van der Waals surface area contributed by atoms with Crippen molar-refractivity contribution in [2.24, 2.45) is 0 Å². The lowest BCUT2D eigenvalue weighted by Crippen LogP contribution is -2.38. The number of hydrogen-bond donors (Lipinski definition) is 1. The topological polar surface area (TPSA) is 75.7 Å². The first-order valence-electron chi connectivity index (χ1n) is 7.76. The van der Waals surface area contributed by atoms with Crippen LogP contribution in [0.4, 0.5) is 0 Å². The van der Waals surface area contributed by atoms with Crippen molar-refractivity contribution >= 4 is 62.1 Å². The standard InChI is InChI=1S/C16H17Cl3N2O4S2/c1-21(27(23,24)16-6-5-14(19)26-16)10-15(22)20-7-2-8-25-13-4-3-11(17)9-12(13)18/h3-6,9H,2,7-8,10H2,1H3,(H,20,22). The fourth-order valence-electron chi connectivity index (χ4n) is 2.01. The van der Waals surface area contributed by atoms with Crippen molar-refractivity contribution in [2.45, 2.75) is 10.6 Å². The zero-order valence-corrected chi connectivity index (χ0v) is 18.1. The fourth-order valence-corrected chi connectivity index (χ4v) is 5.29. The molecule has 0 bridgehead atoms. The average Bonchev–Trinajstić information content (AvgIpc) is 3.03. The molecule has 2 rings (SSSR count). The highest BCUT2D eigenvalue weighted by molar-refractivity contribution is 7.91. The van der Waals surface area contributed by atoms with Gasteiger partial charge in [0.1, 0.15) is 9.96 Å². The van der Waals surface area contributed by atoms with Gasteiger partial charge in [0.15, 0.2) is 0 Å². The predicted molar refractivity (Wildman–Crippen MR) is 109 cm³/mol. The minimum Gasteiger partial charge on any atom is -0.492 e. The van der Waals surface area contributed by atoms with Crippen molar-refractivity contribution in [2.75, 3.05) is 26.7 Å². The SMILES string of the molecule is CN(CC(=O)NCCCOc1ccc(Cl)cc1Cl)S(=O)(=O)c1ccc(Cl)s1. The molecule has 0 atom stereocenters. The van der Waals surface area contributed by atoms with Crippen LogP contribution in [0.3, 0.4) is 0 Å². The Balaban J connectivity index is 1.73. The van der Waals surface area contributed by atoms with Gasteiger partial charge < -0.3 is 10.1 Å². The van der Waals surface area contributed by atoms with E-state index in [0.29, 0.717) is 39.7 Å². The van der Waals surface area contributed by atoms with E-state index < -0.39 is 15.9 Å². The molecule has 11 heteroatoms. The molecule has 0 unspecified atom stereocenters. The number of rotatable bonds is 9. The van der Waals surface area contributed by atoms with Gasteiger partial charge in [0.2, 0.25) is 5.91 Å². The Bertz CT molecular complexity index is 903. The smallest absolute Gasteiger partial charge is 0.252 e. The molecule has 6 nitrogen and oxygen atoms in total. The predicted octanol–water partition coefficient (Wildman–Crippen LogP) is 3.91. The second kappa shape index (κ2) is 9.95. The van der Waals surface area contributed by atoms with Gasteiger partial charge in [-0.3, -0.25) is 4.79 Å². The summed E-state index contributed by atoms with van der Waals surface area (Å²) in [6.45, 7) is 0.383. The van der Waals surface area contributed by atoms with Crippen molar-refractivity contribution in [1.29, 1.82) is 0 Å². The van der Waals surface area contributed by atoms with E-state index in [1.54, 1.807) is 18.2 Å². The van der Waals surface area contributed by atoms with Crippen molar-refractivity contribution in [3.63, 3.8) is 0 Å². The van der Waals surface area contributed by atoms with Crippen LogP contribution in [0.1, 0.15) is 6.42 Å². The number of thiophene rings is 1. The third kappa shape index (κ3) is 6.51. The summed E-state index contributed by atoms with van der Waals surface area (Å²) in [4.78, 5) is 11.9. The lowest BCUT2D eigenvalue weighted by Gasteiger charge is -2.15. The van der Waals surface area contributed by atoms with Crippen molar-refractivity contribution in [1.82, 2.24) is 9.62 Å². The molecule has 1 amide bonds. The molecule has 0 aliphatic heterocycles. The number of sulfonamides is 1. The highest BCUT2D eigenvalue weighted by Crippen LogP contribution is 2.28. The van der Waals surface area contributed by atoms with Gasteiger partial charge in [-0.2, -0.15) is 4.31 Å². The van der Waals surface area contributed by atoms with Crippen LogP contribution in [-0.2, 0) is 14.8 Å². The van der Waals surface area contributed by atoms with Crippen LogP contribution < -0.4 is 10.1 Å². The summed E-state index contributed by atoms with van der Waals surface area (Å²) < 4.78 is 31.6. The van der Waals surface area contributed by atoms with Crippen LogP contribution in [0.5, 0.6) is 5.75 Å². The molecule has 1 aromatic carbocycles. The lowest BCUT2D eigenvalue weighted by atomic mass is 10.3. The van der Waals surface area contributed by atoms with Crippen LogP contribution in [0.2, 0.25) is 14.4 Å². The molecule has 2 aromatic rings. The quantitative estimate of drug-likeness (QED) is 0.563. The molecule has 0 aliphatic carbocycles. The normalized spacial score (nSPS) is 11.6. The summed E-state index contributed by atoms with van der Waals surface area (Å²) >= 11 is 18.5. The molecular weight excluding hydrogens is 455 g/mol. The first-order chi connectivity index (χ1) is 12.7. The van der Waals surface area contributed by atoms with Gasteiger partial charge in [0.05, 0.1) is 22.5 Å². The second-order valence-corrected chi connectivity index (χ2v) is 10.3. The average molecular weight is 472 g/mol. The Hall–Kier alpha value is -1.03. The maximum atomic E-state index is 12.3. The van der Waals surface area contributed by atoms with Gasteiger partial charge in [-0.05, 0) is 36.8 Å². The van der Waals surface area contributed by atoms with E-state index in [2.05, 4.69) is 5.32 Å². The molecule has 1 N–H and O–H groups in total. The van der Waals surface area contributed by atoms with E-state index in [4.69, 9.17) is 39.5 Å². The van der Waals surface area contributed by atoms with E-state index in [1.165, 1.54) is 19.2 Å². The van der Waals surface area contributed by atoms with Crippen LogP contribution in [-0.4, -0.2) is 45.4 Å². The maximum Gasteiger partial charge on any atom is 0.252 e. The van der Waals surface area contributed by atoms with Crippen LogP contribution in [0.25, 0.3) is 0 Å². The monoisotopic (exact) mass is 470 g/mol. The highest BCUT2D eigenvalue weighted by atomic mass is 35.5. The number of amides is 1. The van der Waals surface area contributed by atoms with Gasteiger partial charge >= 0.3 is 0 Å². The summed E-state index contributed by atoms with van der Waals surface area (Å²) in [6.07, 6.45) is 0.529. The Morgan fingerprint density at radius 2 is 1.96 bits per heavy atom. The fraction of sp³-hybridized carbons (Fsp3) is 0.312. The molecule has 0 spiro atoms. The minimum absolute atomic E-state index is 0.0936. The molecular formula is C16H17Cl3N2O4S2. The van der Waals surface area contributed by atoms with Crippen LogP contribution >= 0.6 is 46.1 Å². The number of carbonyl (C=O) groups excluding carboxylic acids is 1. The number of halogens is 3. The molecule has 1 aromatic heterocycles. The molecule has 0 saturated heterocycles. The molecule has 27 heavy (non-hydrogen) atoms. The zero-order valence-electron chi connectivity index (χ0n) is 14.2. The number of carbonyl (C=O) groups is 1. The zero-order chi connectivity index (χ0) is 20.0. The third-order valence-corrected chi connectivity index (χ3v) is 7.41. The van der Waals surface area contributed by atoms with Crippen LogP contribution in [0, 0.1) is 0 Å². The molecule has 1 heterocycles. The molecule has 148 valence electrons. The largest absolute Gasteiger partial charge is 0.492 e. The highest BCUT2D eigenvalue weighted by Gasteiger charge is 2.24. The minimum atomic E-state index is -3.74. The molecule has 0 saturated carbocycles. The first-order valence-corrected chi connectivity index (χ1v) is 11.2. The van der Waals surface area contributed by atoms with E-state index in [1.807, 2.05) is 0 Å². The van der Waals surface area contributed by atoms with Gasteiger partial charge in [0, 0.05) is 18.6 Å².